The number of rotatable bonds is 2. The standard InChI is InChI=1S/C13H13NO2/c1-8-5-6-14-12-4-3-10(7-11(8)12)9(2)13(15)16/h3-7,9H,1-2H3,(H,15,16). The summed E-state index contributed by atoms with van der Waals surface area (Å²) < 4.78 is 0. The van der Waals surface area contributed by atoms with Gasteiger partial charge in [0, 0.05) is 11.6 Å². The van der Waals surface area contributed by atoms with Gasteiger partial charge in [-0.3, -0.25) is 9.78 Å². The molecule has 0 bridgehead atoms. The number of aromatic nitrogens is 1. The minimum Gasteiger partial charge on any atom is -0.481 e. The van der Waals surface area contributed by atoms with E-state index in [0.717, 1.165) is 22.0 Å². The Balaban J connectivity index is 2.59. The predicted molar refractivity (Wildman–Crippen MR) is 62.5 cm³/mol. The lowest BCUT2D eigenvalue weighted by Crippen LogP contribution is -2.07. The summed E-state index contributed by atoms with van der Waals surface area (Å²) in [5.74, 6) is -1.29. The molecule has 1 heterocycles. The third kappa shape index (κ3) is 1.76. The Bertz CT molecular complexity index is 549. The largest absolute Gasteiger partial charge is 0.481 e. The summed E-state index contributed by atoms with van der Waals surface area (Å²) in [4.78, 5) is 15.1. The average Bonchev–Trinajstić information content (AvgIpc) is 2.28. The van der Waals surface area contributed by atoms with Gasteiger partial charge in [0.15, 0.2) is 0 Å². The molecule has 82 valence electrons. The fraction of sp³-hybridized carbons (Fsp3) is 0.231. The third-order valence-electron chi connectivity index (χ3n) is 2.85. The summed E-state index contributed by atoms with van der Waals surface area (Å²) in [5.41, 5.74) is 2.84. The molecule has 3 nitrogen and oxygen atoms in total. The van der Waals surface area contributed by atoms with Crippen LogP contribution in [0.25, 0.3) is 10.9 Å². The molecule has 1 aromatic carbocycles. The summed E-state index contributed by atoms with van der Waals surface area (Å²) in [6.45, 7) is 3.69. The summed E-state index contributed by atoms with van der Waals surface area (Å²) in [7, 11) is 0. The first-order chi connectivity index (χ1) is 7.59. The minimum atomic E-state index is -0.805. The van der Waals surface area contributed by atoms with E-state index >= 15 is 0 Å². The van der Waals surface area contributed by atoms with Crippen LogP contribution in [0, 0.1) is 6.92 Å². The number of benzene rings is 1. The highest BCUT2D eigenvalue weighted by atomic mass is 16.4. The summed E-state index contributed by atoms with van der Waals surface area (Å²) >= 11 is 0. The Hall–Kier alpha value is -1.90. The van der Waals surface area contributed by atoms with Crippen LogP contribution in [0.15, 0.2) is 30.5 Å². The van der Waals surface area contributed by atoms with Crippen LogP contribution in [-0.2, 0) is 4.79 Å². The molecule has 0 aliphatic carbocycles. The number of carbonyl (C=O) groups is 1. The van der Waals surface area contributed by atoms with Crippen molar-refractivity contribution in [2.45, 2.75) is 19.8 Å². The van der Waals surface area contributed by atoms with E-state index < -0.39 is 11.9 Å². The van der Waals surface area contributed by atoms with Crippen LogP contribution in [0.1, 0.15) is 24.0 Å². The van der Waals surface area contributed by atoms with Gasteiger partial charge in [0.1, 0.15) is 0 Å². The topological polar surface area (TPSA) is 50.2 Å². The fourth-order valence-electron chi connectivity index (χ4n) is 1.71. The molecule has 2 aromatic rings. The van der Waals surface area contributed by atoms with Gasteiger partial charge in [-0.2, -0.15) is 0 Å². The highest BCUT2D eigenvalue weighted by Crippen LogP contribution is 2.22. The zero-order valence-electron chi connectivity index (χ0n) is 9.27. The van der Waals surface area contributed by atoms with E-state index in [4.69, 9.17) is 5.11 Å². The monoisotopic (exact) mass is 215 g/mol. The van der Waals surface area contributed by atoms with Gasteiger partial charge in [0.2, 0.25) is 0 Å². The van der Waals surface area contributed by atoms with E-state index in [1.54, 1.807) is 13.1 Å². The number of hydrogen-bond donors (Lipinski definition) is 1. The molecule has 0 saturated carbocycles. The maximum Gasteiger partial charge on any atom is 0.310 e. The Morgan fingerprint density at radius 3 is 2.81 bits per heavy atom. The van der Waals surface area contributed by atoms with Crippen LogP contribution >= 0.6 is 0 Å². The van der Waals surface area contributed by atoms with Crippen molar-refractivity contribution in [1.82, 2.24) is 4.98 Å². The highest BCUT2D eigenvalue weighted by Gasteiger charge is 2.14. The number of aryl methyl sites for hydroxylation is 1. The molecule has 3 heteroatoms. The van der Waals surface area contributed by atoms with E-state index in [0.29, 0.717) is 0 Å². The SMILES string of the molecule is Cc1ccnc2ccc(C(C)C(=O)O)cc12. The van der Waals surface area contributed by atoms with Crippen molar-refractivity contribution in [3.05, 3.63) is 41.6 Å². The van der Waals surface area contributed by atoms with Crippen molar-refractivity contribution in [2.24, 2.45) is 0 Å². The Labute approximate surface area is 93.7 Å². The Kier molecular flexibility index (Phi) is 2.60. The fourth-order valence-corrected chi connectivity index (χ4v) is 1.71. The van der Waals surface area contributed by atoms with Crippen molar-refractivity contribution in [2.75, 3.05) is 0 Å². The first-order valence-electron chi connectivity index (χ1n) is 5.17. The molecule has 0 radical (unpaired) electrons. The second-order valence-electron chi connectivity index (χ2n) is 3.96. The molecule has 0 spiro atoms. The maximum absolute atomic E-state index is 10.9. The molecule has 0 amide bonds. The maximum atomic E-state index is 10.9. The molecule has 16 heavy (non-hydrogen) atoms. The van der Waals surface area contributed by atoms with Crippen LogP contribution in [-0.4, -0.2) is 16.1 Å². The van der Waals surface area contributed by atoms with Gasteiger partial charge in [-0.1, -0.05) is 6.07 Å². The van der Waals surface area contributed by atoms with Crippen LogP contribution in [0.4, 0.5) is 0 Å². The molecule has 2 rings (SSSR count). The van der Waals surface area contributed by atoms with Crippen molar-refractivity contribution < 1.29 is 9.90 Å². The normalized spacial score (nSPS) is 12.6. The molecule has 1 atom stereocenters. The number of pyridine rings is 1. The number of nitrogens with zero attached hydrogens (tertiary/aromatic N) is 1. The van der Waals surface area contributed by atoms with E-state index in [1.165, 1.54) is 0 Å². The molecular formula is C13H13NO2. The van der Waals surface area contributed by atoms with E-state index in [9.17, 15) is 4.79 Å². The van der Waals surface area contributed by atoms with Gasteiger partial charge in [0.25, 0.3) is 0 Å². The zero-order chi connectivity index (χ0) is 11.7. The lowest BCUT2D eigenvalue weighted by molar-refractivity contribution is -0.138. The number of carboxylic acid groups (broad SMARTS) is 1. The number of fused-ring (bicyclic) bond motifs is 1. The third-order valence-corrected chi connectivity index (χ3v) is 2.85. The van der Waals surface area contributed by atoms with Crippen molar-refractivity contribution in [1.29, 1.82) is 0 Å². The van der Waals surface area contributed by atoms with Crippen molar-refractivity contribution >= 4 is 16.9 Å². The zero-order valence-corrected chi connectivity index (χ0v) is 9.27. The number of aliphatic carboxylic acids is 1. The summed E-state index contributed by atoms with van der Waals surface area (Å²) in [6.07, 6.45) is 1.76. The molecule has 0 aliphatic rings. The van der Waals surface area contributed by atoms with Crippen LogP contribution in [0.5, 0.6) is 0 Å². The quantitative estimate of drug-likeness (QED) is 0.838. The van der Waals surface area contributed by atoms with Crippen LogP contribution in [0.3, 0.4) is 0 Å². The molecule has 0 fully saturated rings. The Morgan fingerprint density at radius 1 is 1.38 bits per heavy atom. The molecule has 0 saturated heterocycles. The second kappa shape index (κ2) is 3.93. The number of hydrogen-bond acceptors (Lipinski definition) is 2. The summed E-state index contributed by atoms with van der Waals surface area (Å²) in [6, 6.07) is 7.54. The first kappa shape index (κ1) is 10.6. The molecular weight excluding hydrogens is 202 g/mol. The van der Waals surface area contributed by atoms with E-state index in [-0.39, 0.29) is 0 Å². The highest BCUT2D eigenvalue weighted by molar-refractivity contribution is 5.84. The molecule has 1 unspecified atom stereocenters. The minimum absolute atomic E-state index is 0.482. The average molecular weight is 215 g/mol. The molecule has 1 aromatic heterocycles. The van der Waals surface area contributed by atoms with Gasteiger partial charge in [-0.15, -0.1) is 0 Å². The second-order valence-corrected chi connectivity index (χ2v) is 3.96. The van der Waals surface area contributed by atoms with Crippen molar-refractivity contribution in [3.63, 3.8) is 0 Å². The van der Waals surface area contributed by atoms with Crippen molar-refractivity contribution in [3.8, 4) is 0 Å². The van der Waals surface area contributed by atoms with E-state index in [1.807, 2.05) is 31.2 Å². The van der Waals surface area contributed by atoms with Gasteiger partial charge in [0.05, 0.1) is 11.4 Å². The molecule has 0 aliphatic heterocycles. The van der Waals surface area contributed by atoms with Gasteiger partial charge in [-0.25, -0.2) is 0 Å². The number of carboxylic acids is 1. The van der Waals surface area contributed by atoms with Crippen LogP contribution in [0.2, 0.25) is 0 Å². The first-order valence-corrected chi connectivity index (χ1v) is 5.17. The van der Waals surface area contributed by atoms with Gasteiger partial charge >= 0.3 is 5.97 Å². The smallest absolute Gasteiger partial charge is 0.310 e. The predicted octanol–water partition coefficient (Wildman–Crippen LogP) is 2.73. The van der Waals surface area contributed by atoms with Gasteiger partial charge < -0.3 is 5.11 Å². The van der Waals surface area contributed by atoms with E-state index in [2.05, 4.69) is 4.98 Å². The van der Waals surface area contributed by atoms with Gasteiger partial charge in [-0.05, 0) is 43.2 Å². The van der Waals surface area contributed by atoms with Crippen LogP contribution < -0.4 is 0 Å². The lowest BCUT2D eigenvalue weighted by atomic mass is 9.98. The lowest BCUT2D eigenvalue weighted by Gasteiger charge is -2.08. The Morgan fingerprint density at radius 2 is 2.12 bits per heavy atom. The summed E-state index contributed by atoms with van der Waals surface area (Å²) in [5, 5.41) is 9.98. The molecule has 1 N–H and O–H groups in total.